The van der Waals surface area contributed by atoms with Crippen LogP contribution in [0.25, 0.3) is 11.5 Å². The number of nitrogens with one attached hydrogen (secondary N) is 1. The van der Waals surface area contributed by atoms with Gasteiger partial charge in [-0.05, 0) is 24.3 Å². The highest BCUT2D eigenvalue weighted by atomic mass is 19.1. The van der Waals surface area contributed by atoms with Gasteiger partial charge in [0, 0.05) is 17.2 Å². The van der Waals surface area contributed by atoms with E-state index in [1.165, 1.54) is 6.07 Å². The molecule has 1 aliphatic heterocycles. The molecule has 6 nitrogen and oxygen atoms in total. The third-order valence-corrected chi connectivity index (χ3v) is 4.76. The number of fused-ring (bicyclic) bond motifs is 2. The third kappa shape index (κ3) is 3.08. The second kappa shape index (κ2) is 7.07. The van der Waals surface area contributed by atoms with Crippen LogP contribution in [-0.2, 0) is 4.79 Å². The molecule has 0 atom stereocenters. The summed E-state index contributed by atoms with van der Waals surface area (Å²) in [6, 6.07) is 17.3. The maximum atomic E-state index is 14.0. The number of carbonyl (C=O) groups is 1. The Balaban J connectivity index is 1.46. The molecule has 3 aromatic carbocycles. The minimum absolute atomic E-state index is 0.0637. The molecule has 0 bridgehead atoms. The summed E-state index contributed by atoms with van der Waals surface area (Å²) >= 11 is 0. The van der Waals surface area contributed by atoms with Gasteiger partial charge in [0.15, 0.2) is 0 Å². The van der Waals surface area contributed by atoms with Gasteiger partial charge in [-0.1, -0.05) is 41.5 Å². The Morgan fingerprint density at radius 3 is 2.23 bits per heavy atom. The first kappa shape index (κ1) is 18.0. The van der Waals surface area contributed by atoms with Gasteiger partial charge >= 0.3 is 6.01 Å². The molecule has 1 N–H and O–H groups in total. The normalized spacial score (nSPS) is 12.6. The molecule has 0 spiro atoms. The highest BCUT2D eigenvalue weighted by Gasteiger charge is 2.33. The molecule has 0 saturated heterocycles. The van der Waals surface area contributed by atoms with Crippen molar-refractivity contribution in [2.45, 2.75) is 5.92 Å². The number of hydrogen-bond acceptors (Lipinski definition) is 5. The van der Waals surface area contributed by atoms with Gasteiger partial charge in [-0.15, -0.1) is 5.10 Å². The van der Waals surface area contributed by atoms with E-state index in [0.717, 1.165) is 6.07 Å². The molecule has 1 aliphatic rings. The van der Waals surface area contributed by atoms with Gasteiger partial charge in [0.05, 0.1) is 11.5 Å². The number of amides is 1. The van der Waals surface area contributed by atoms with Crippen LogP contribution in [0.15, 0.2) is 71.1 Å². The maximum absolute atomic E-state index is 14.0. The fraction of sp³-hybridized carbons (Fsp3) is 0.0455. The predicted octanol–water partition coefficient (Wildman–Crippen LogP) is 4.89. The quantitative estimate of drug-likeness (QED) is 0.525. The highest BCUT2D eigenvalue weighted by molar-refractivity contribution is 5.98. The monoisotopic (exact) mass is 405 g/mol. The van der Waals surface area contributed by atoms with Crippen molar-refractivity contribution >= 4 is 11.9 Å². The van der Waals surface area contributed by atoms with Crippen LogP contribution < -0.4 is 10.1 Å². The number of anilines is 1. The largest absolute Gasteiger partial charge is 0.457 e. The first-order valence-electron chi connectivity index (χ1n) is 9.05. The van der Waals surface area contributed by atoms with Crippen LogP contribution >= 0.6 is 0 Å². The third-order valence-electron chi connectivity index (χ3n) is 4.76. The molecular formula is C22H13F2N3O3. The van der Waals surface area contributed by atoms with Crippen LogP contribution in [0, 0.1) is 11.6 Å². The van der Waals surface area contributed by atoms with Crippen LogP contribution in [0.2, 0.25) is 0 Å². The average Bonchev–Trinajstić information content (AvgIpc) is 3.19. The molecule has 1 aromatic heterocycles. The molecule has 0 saturated carbocycles. The number of para-hydroxylation sites is 2. The Morgan fingerprint density at radius 2 is 1.57 bits per heavy atom. The number of aromatic nitrogens is 2. The first-order valence-corrected chi connectivity index (χ1v) is 9.05. The summed E-state index contributed by atoms with van der Waals surface area (Å²) in [5.41, 5.74) is 1.32. The van der Waals surface area contributed by atoms with E-state index < -0.39 is 23.5 Å². The summed E-state index contributed by atoms with van der Waals surface area (Å²) in [7, 11) is 0. The Labute approximate surface area is 169 Å². The smallest absolute Gasteiger partial charge is 0.322 e. The van der Waals surface area contributed by atoms with E-state index in [1.54, 1.807) is 12.1 Å². The zero-order chi connectivity index (χ0) is 20.7. The molecule has 1 amide bonds. The van der Waals surface area contributed by atoms with Crippen molar-refractivity contribution in [3.63, 3.8) is 0 Å². The fourth-order valence-corrected chi connectivity index (χ4v) is 3.42. The summed E-state index contributed by atoms with van der Waals surface area (Å²) in [4.78, 5) is 13.1. The van der Waals surface area contributed by atoms with Crippen molar-refractivity contribution in [1.82, 2.24) is 10.2 Å². The van der Waals surface area contributed by atoms with Gasteiger partial charge in [0.2, 0.25) is 5.91 Å². The van der Waals surface area contributed by atoms with Crippen LogP contribution in [0.1, 0.15) is 17.0 Å². The van der Waals surface area contributed by atoms with E-state index >= 15 is 0 Å². The van der Waals surface area contributed by atoms with Gasteiger partial charge in [-0.3, -0.25) is 10.1 Å². The number of benzene rings is 3. The Hall–Kier alpha value is -4.07. The number of hydrogen-bond donors (Lipinski definition) is 1. The molecule has 148 valence electrons. The van der Waals surface area contributed by atoms with Gasteiger partial charge in [0.25, 0.3) is 5.89 Å². The van der Waals surface area contributed by atoms with Crippen molar-refractivity contribution in [3.8, 4) is 23.0 Å². The second-order valence-corrected chi connectivity index (χ2v) is 6.64. The lowest BCUT2D eigenvalue weighted by Crippen LogP contribution is -2.25. The molecule has 8 heteroatoms. The average molecular weight is 405 g/mol. The molecule has 5 rings (SSSR count). The van der Waals surface area contributed by atoms with Gasteiger partial charge < -0.3 is 9.15 Å². The van der Waals surface area contributed by atoms with Crippen LogP contribution in [0.4, 0.5) is 14.8 Å². The van der Waals surface area contributed by atoms with E-state index in [1.807, 2.05) is 36.4 Å². The van der Waals surface area contributed by atoms with E-state index in [-0.39, 0.29) is 17.5 Å². The lowest BCUT2D eigenvalue weighted by molar-refractivity contribution is -0.117. The van der Waals surface area contributed by atoms with Crippen molar-refractivity contribution in [1.29, 1.82) is 0 Å². The number of halogens is 2. The maximum Gasteiger partial charge on any atom is 0.322 e. The minimum Gasteiger partial charge on any atom is -0.457 e. The standard InChI is InChI=1S/C22H13F2N3O3/c23-12-9-10-13(16(24)11-12)21-26-27-22(30-21)25-20(28)19-14-5-1-3-7-17(14)29-18-8-4-2-6-15(18)19/h1-11,19H,(H,25,27,28). The van der Waals surface area contributed by atoms with Crippen molar-refractivity contribution < 1.29 is 22.7 Å². The van der Waals surface area contributed by atoms with E-state index in [0.29, 0.717) is 28.7 Å². The summed E-state index contributed by atoms with van der Waals surface area (Å²) in [6.07, 6.45) is 0. The molecule has 0 unspecified atom stereocenters. The number of ether oxygens (including phenoxy) is 1. The summed E-state index contributed by atoms with van der Waals surface area (Å²) in [5.74, 6) is -1.65. The summed E-state index contributed by atoms with van der Waals surface area (Å²) in [6.45, 7) is 0. The predicted molar refractivity (Wildman–Crippen MR) is 103 cm³/mol. The molecule has 4 aromatic rings. The number of carbonyl (C=O) groups excluding carboxylic acids is 1. The lowest BCUT2D eigenvalue weighted by Gasteiger charge is -2.26. The number of rotatable bonds is 3. The Kier molecular flexibility index (Phi) is 4.24. The molecule has 30 heavy (non-hydrogen) atoms. The van der Waals surface area contributed by atoms with E-state index in [4.69, 9.17) is 9.15 Å². The molecule has 2 heterocycles. The topological polar surface area (TPSA) is 77.3 Å². The Morgan fingerprint density at radius 1 is 0.900 bits per heavy atom. The minimum atomic E-state index is -0.844. The van der Waals surface area contributed by atoms with Gasteiger partial charge in [-0.2, -0.15) is 0 Å². The van der Waals surface area contributed by atoms with E-state index in [2.05, 4.69) is 15.5 Å². The molecule has 0 aliphatic carbocycles. The van der Waals surface area contributed by atoms with E-state index in [9.17, 15) is 13.6 Å². The van der Waals surface area contributed by atoms with Gasteiger partial charge in [0.1, 0.15) is 23.1 Å². The van der Waals surface area contributed by atoms with Crippen LogP contribution in [0.5, 0.6) is 11.5 Å². The summed E-state index contributed by atoms with van der Waals surface area (Å²) < 4.78 is 38.3. The fourth-order valence-electron chi connectivity index (χ4n) is 3.42. The lowest BCUT2D eigenvalue weighted by atomic mass is 9.87. The Bertz CT molecular complexity index is 1230. The number of nitrogens with zero attached hydrogens (tertiary/aromatic N) is 2. The van der Waals surface area contributed by atoms with Crippen LogP contribution in [-0.4, -0.2) is 16.1 Å². The van der Waals surface area contributed by atoms with Crippen molar-refractivity contribution in [3.05, 3.63) is 89.5 Å². The SMILES string of the molecule is O=C(Nc1nnc(-c2ccc(F)cc2F)o1)C1c2ccccc2Oc2ccccc21. The van der Waals surface area contributed by atoms with Crippen molar-refractivity contribution in [2.75, 3.05) is 5.32 Å². The first-order chi connectivity index (χ1) is 14.6. The molecule has 0 radical (unpaired) electrons. The molecule has 0 fully saturated rings. The van der Waals surface area contributed by atoms with Crippen LogP contribution in [0.3, 0.4) is 0 Å². The molecular weight excluding hydrogens is 392 g/mol. The highest BCUT2D eigenvalue weighted by Crippen LogP contribution is 2.44. The zero-order valence-corrected chi connectivity index (χ0v) is 15.3. The van der Waals surface area contributed by atoms with Crippen molar-refractivity contribution in [2.24, 2.45) is 0 Å². The van der Waals surface area contributed by atoms with Gasteiger partial charge in [-0.25, -0.2) is 8.78 Å². The summed E-state index contributed by atoms with van der Waals surface area (Å²) in [5, 5.41) is 10.1. The zero-order valence-electron chi connectivity index (χ0n) is 15.3. The second-order valence-electron chi connectivity index (χ2n) is 6.64.